The van der Waals surface area contributed by atoms with Gasteiger partial charge in [-0.3, -0.25) is 4.79 Å². The lowest BCUT2D eigenvalue weighted by Gasteiger charge is -2.32. The minimum absolute atomic E-state index is 0.0932. The number of nitrogens with zero attached hydrogens (tertiary/aromatic N) is 3. The molecule has 0 bridgehead atoms. The van der Waals surface area contributed by atoms with E-state index in [1.165, 1.54) is 37.7 Å². The molecule has 0 radical (unpaired) electrons. The zero-order valence-electron chi connectivity index (χ0n) is 17.4. The fourth-order valence-corrected chi connectivity index (χ4v) is 4.70. The molecule has 1 aromatic heterocycles. The first kappa shape index (κ1) is 19.9. The fraction of sp³-hybridized carbons (Fsp3) is 0.542. The van der Waals surface area contributed by atoms with Gasteiger partial charge in [0.1, 0.15) is 0 Å². The first-order valence-corrected chi connectivity index (χ1v) is 11.1. The van der Waals surface area contributed by atoms with Gasteiger partial charge in [-0.1, -0.05) is 50.1 Å². The average molecular weight is 393 g/mol. The second-order valence-corrected chi connectivity index (χ2v) is 8.74. The number of hydrogen-bond donors (Lipinski definition) is 1. The van der Waals surface area contributed by atoms with Gasteiger partial charge in [0.2, 0.25) is 0 Å². The van der Waals surface area contributed by atoms with E-state index in [9.17, 15) is 4.79 Å². The van der Waals surface area contributed by atoms with Gasteiger partial charge in [0, 0.05) is 19.1 Å². The Labute approximate surface area is 173 Å². The Kier molecular flexibility index (Phi) is 6.43. The van der Waals surface area contributed by atoms with E-state index in [1.54, 1.807) is 0 Å². The SMILES string of the molecule is CC1CCCCC1NC(=O)c1ccc(N2CCC(Cc3ccccc3)CC2)nn1. The molecule has 1 aliphatic heterocycles. The number of hydrogen-bond acceptors (Lipinski definition) is 4. The van der Waals surface area contributed by atoms with Crippen molar-refractivity contribution in [1.29, 1.82) is 0 Å². The lowest BCUT2D eigenvalue weighted by atomic mass is 9.86. The Hall–Kier alpha value is -2.43. The highest BCUT2D eigenvalue weighted by Crippen LogP contribution is 2.25. The van der Waals surface area contributed by atoms with Crippen molar-refractivity contribution in [3.63, 3.8) is 0 Å². The Balaban J connectivity index is 1.28. The zero-order valence-corrected chi connectivity index (χ0v) is 17.4. The van der Waals surface area contributed by atoms with E-state index < -0.39 is 0 Å². The molecule has 2 heterocycles. The van der Waals surface area contributed by atoms with Crippen molar-refractivity contribution in [2.45, 2.75) is 57.9 Å². The number of aromatic nitrogens is 2. The molecule has 2 aliphatic rings. The minimum Gasteiger partial charge on any atom is -0.355 e. The molecule has 2 aromatic rings. The smallest absolute Gasteiger partial charge is 0.272 e. The molecule has 0 spiro atoms. The van der Waals surface area contributed by atoms with Crippen LogP contribution in [0.2, 0.25) is 0 Å². The van der Waals surface area contributed by atoms with Gasteiger partial charge in [-0.25, -0.2) is 0 Å². The third-order valence-electron chi connectivity index (χ3n) is 6.62. The van der Waals surface area contributed by atoms with E-state index in [0.29, 0.717) is 11.6 Å². The second-order valence-electron chi connectivity index (χ2n) is 8.74. The number of carbonyl (C=O) groups excluding carboxylic acids is 1. The number of amides is 1. The molecule has 5 nitrogen and oxygen atoms in total. The summed E-state index contributed by atoms with van der Waals surface area (Å²) in [5.74, 6) is 2.05. The number of carbonyl (C=O) groups is 1. The number of rotatable bonds is 5. The molecule has 154 valence electrons. The van der Waals surface area contributed by atoms with Crippen molar-refractivity contribution >= 4 is 11.7 Å². The molecule has 4 rings (SSSR count). The highest BCUT2D eigenvalue weighted by atomic mass is 16.2. The van der Waals surface area contributed by atoms with Crippen molar-refractivity contribution in [2.75, 3.05) is 18.0 Å². The lowest BCUT2D eigenvalue weighted by Crippen LogP contribution is -2.41. The quantitative estimate of drug-likeness (QED) is 0.827. The van der Waals surface area contributed by atoms with Gasteiger partial charge in [-0.2, -0.15) is 0 Å². The van der Waals surface area contributed by atoms with Crippen molar-refractivity contribution in [3.8, 4) is 0 Å². The van der Waals surface area contributed by atoms with Crippen LogP contribution in [0.1, 0.15) is 61.5 Å². The van der Waals surface area contributed by atoms with Gasteiger partial charge in [-0.15, -0.1) is 10.2 Å². The summed E-state index contributed by atoms with van der Waals surface area (Å²) >= 11 is 0. The van der Waals surface area contributed by atoms with E-state index in [0.717, 1.165) is 37.7 Å². The normalized spacial score (nSPS) is 23.0. The van der Waals surface area contributed by atoms with E-state index in [2.05, 4.69) is 57.7 Å². The molecule has 1 aromatic carbocycles. The van der Waals surface area contributed by atoms with Gasteiger partial charge in [0.15, 0.2) is 11.5 Å². The maximum atomic E-state index is 12.5. The Morgan fingerprint density at radius 2 is 1.76 bits per heavy atom. The number of nitrogens with one attached hydrogen (secondary N) is 1. The van der Waals surface area contributed by atoms with Crippen LogP contribution < -0.4 is 10.2 Å². The van der Waals surface area contributed by atoms with Crippen molar-refractivity contribution in [1.82, 2.24) is 15.5 Å². The van der Waals surface area contributed by atoms with E-state index in [4.69, 9.17) is 0 Å². The monoisotopic (exact) mass is 392 g/mol. The predicted molar refractivity (Wildman–Crippen MR) is 116 cm³/mol. The molecular formula is C24H32N4O. The summed E-state index contributed by atoms with van der Waals surface area (Å²) in [7, 11) is 0. The molecule has 1 N–H and O–H groups in total. The van der Waals surface area contributed by atoms with Crippen molar-refractivity contribution in [2.24, 2.45) is 11.8 Å². The van der Waals surface area contributed by atoms with Gasteiger partial charge >= 0.3 is 0 Å². The molecular weight excluding hydrogens is 360 g/mol. The summed E-state index contributed by atoms with van der Waals surface area (Å²) in [5, 5.41) is 11.7. The van der Waals surface area contributed by atoms with Crippen molar-refractivity contribution < 1.29 is 4.79 Å². The average Bonchev–Trinajstić information content (AvgIpc) is 2.77. The van der Waals surface area contributed by atoms with E-state index in [-0.39, 0.29) is 11.9 Å². The maximum Gasteiger partial charge on any atom is 0.272 e. The number of benzene rings is 1. The van der Waals surface area contributed by atoms with E-state index >= 15 is 0 Å². The number of anilines is 1. The summed E-state index contributed by atoms with van der Waals surface area (Å²) in [4.78, 5) is 14.8. The van der Waals surface area contributed by atoms with Crippen LogP contribution in [-0.4, -0.2) is 35.2 Å². The molecule has 5 heteroatoms. The van der Waals surface area contributed by atoms with Crippen LogP contribution in [0.3, 0.4) is 0 Å². The topological polar surface area (TPSA) is 58.1 Å². The summed E-state index contributed by atoms with van der Waals surface area (Å²) < 4.78 is 0. The zero-order chi connectivity index (χ0) is 20.1. The molecule has 2 fully saturated rings. The largest absolute Gasteiger partial charge is 0.355 e. The minimum atomic E-state index is -0.0932. The third-order valence-corrected chi connectivity index (χ3v) is 6.62. The van der Waals surface area contributed by atoms with Crippen LogP contribution >= 0.6 is 0 Å². The second kappa shape index (κ2) is 9.38. The molecule has 1 saturated heterocycles. The summed E-state index contributed by atoms with van der Waals surface area (Å²) in [6, 6.07) is 14.8. The Morgan fingerprint density at radius 3 is 2.45 bits per heavy atom. The number of piperidine rings is 1. The van der Waals surface area contributed by atoms with Gasteiger partial charge in [0.05, 0.1) is 0 Å². The van der Waals surface area contributed by atoms with Crippen molar-refractivity contribution in [3.05, 3.63) is 53.7 Å². The van der Waals surface area contributed by atoms with Gasteiger partial charge in [0.25, 0.3) is 5.91 Å². The van der Waals surface area contributed by atoms with E-state index in [1.807, 2.05) is 12.1 Å². The van der Waals surface area contributed by atoms with Gasteiger partial charge in [-0.05, 0) is 61.6 Å². The Bertz CT molecular complexity index is 784. The molecule has 1 aliphatic carbocycles. The first-order chi connectivity index (χ1) is 14.2. The van der Waals surface area contributed by atoms with Crippen LogP contribution in [0, 0.1) is 11.8 Å². The highest BCUT2D eigenvalue weighted by Gasteiger charge is 2.24. The fourth-order valence-electron chi connectivity index (χ4n) is 4.70. The molecule has 1 amide bonds. The molecule has 2 unspecified atom stereocenters. The summed E-state index contributed by atoms with van der Waals surface area (Å²) in [5.41, 5.74) is 1.85. The van der Waals surface area contributed by atoms with Crippen LogP contribution in [0.4, 0.5) is 5.82 Å². The van der Waals surface area contributed by atoms with Crippen LogP contribution in [0.15, 0.2) is 42.5 Å². The predicted octanol–water partition coefficient (Wildman–Crippen LogP) is 4.24. The molecule has 1 saturated carbocycles. The van der Waals surface area contributed by atoms with Crippen LogP contribution in [-0.2, 0) is 6.42 Å². The van der Waals surface area contributed by atoms with Crippen LogP contribution in [0.5, 0.6) is 0 Å². The van der Waals surface area contributed by atoms with Gasteiger partial charge < -0.3 is 10.2 Å². The summed E-state index contributed by atoms with van der Waals surface area (Å²) in [6.07, 6.45) is 8.20. The lowest BCUT2D eigenvalue weighted by molar-refractivity contribution is 0.0904. The van der Waals surface area contributed by atoms with Crippen LogP contribution in [0.25, 0.3) is 0 Å². The first-order valence-electron chi connectivity index (χ1n) is 11.1. The highest BCUT2D eigenvalue weighted by molar-refractivity contribution is 5.92. The molecule has 2 atom stereocenters. The summed E-state index contributed by atoms with van der Waals surface area (Å²) in [6.45, 7) is 4.22. The molecule has 29 heavy (non-hydrogen) atoms. The standard InChI is InChI=1S/C24H32N4O/c1-18-7-5-6-10-21(18)25-24(29)22-11-12-23(27-26-22)28-15-13-20(14-16-28)17-19-8-3-2-4-9-19/h2-4,8-9,11-12,18,20-21H,5-7,10,13-17H2,1H3,(H,25,29). The maximum absolute atomic E-state index is 12.5. The Morgan fingerprint density at radius 1 is 1.00 bits per heavy atom. The third kappa shape index (κ3) is 5.14.